The van der Waals surface area contributed by atoms with Crippen LogP contribution in [0.15, 0.2) is 24.4 Å². The fourth-order valence-electron chi connectivity index (χ4n) is 1.91. The summed E-state index contributed by atoms with van der Waals surface area (Å²) in [6.45, 7) is 9.74. The molecule has 2 heterocycles. The molecule has 0 radical (unpaired) electrons. The van der Waals surface area contributed by atoms with Gasteiger partial charge in [0.05, 0.1) is 0 Å². The number of nitrogens with zero attached hydrogens (tertiary/aromatic N) is 1. The first-order valence-electron chi connectivity index (χ1n) is 5.82. The van der Waals surface area contributed by atoms with Gasteiger partial charge in [0.25, 0.3) is 0 Å². The molecule has 2 aliphatic heterocycles. The molecule has 0 aromatic heterocycles. The predicted octanol–water partition coefficient (Wildman–Crippen LogP) is 3.59. The van der Waals surface area contributed by atoms with Crippen LogP contribution in [0.2, 0.25) is 0 Å². The molecule has 1 fully saturated rings. The van der Waals surface area contributed by atoms with Gasteiger partial charge in [0.15, 0.2) is 0 Å². The fraction of sp³-hybridized carbons (Fsp3) is 0.692. The first-order chi connectivity index (χ1) is 6.67. The summed E-state index contributed by atoms with van der Waals surface area (Å²) in [5.41, 5.74) is 0.254. The molecule has 80 valence electrons. The summed E-state index contributed by atoms with van der Waals surface area (Å²) < 4.78 is 0. The maximum absolute atomic E-state index is 2.45. The summed E-state index contributed by atoms with van der Waals surface area (Å²) in [7, 11) is 0. The van der Waals surface area contributed by atoms with Crippen molar-refractivity contribution in [3.63, 3.8) is 0 Å². The maximum Gasteiger partial charge on any atom is 0.0468 e. The highest BCUT2D eigenvalue weighted by Crippen LogP contribution is 2.28. The molecule has 0 spiro atoms. The SMILES string of the molecule is CC.CC1(C)C=CC2CCCN2C=C1. The first kappa shape index (κ1) is 11.4. The minimum absolute atomic E-state index is 0.254. The Hall–Kier alpha value is -0.720. The van der Waals surface area contributed by atoms with E-state index in [9.17, 15) is 0 Å². The first-order valence-corrected chi connectivity index (χ1v) is 5.82. The summed E-state index contributed by atoms with van der Waals surface area (Å²) in [5, 5.41) is 0. The average Bonchev–Trinajstić information content (AvgIpc) is 2.58. The second-order valence-electron chi connectivity index (χ2n) is 4.44. The molecule has 14 heavy (non-hydrogen) atoms. The van der Waals surface area contributed by atoms with Gasteiger partial charge >= 0.3 is 0 Å². The van der Waals surface area contributed by atoms with Crippen molar-refractivity contribution in [2.45, 2.75) is 46.6 Å². The largest absolute Gasteiger partial charge is 0.371 e. The van der Waals surface area contributed by atoms with Gasteiger partial charge in [-0.2, -0.15) is 0 Å². The summed E-state index contributed by atoms with van der Waals surface area (Å²) in [6, 6.07) is 0.683. The molecule has 1 saturated heterocycles. The fourth-order valence-corrected chi connectivity index (χ4v) is 1.91. The second kappa shape index (κ2) is 4.68. The van der Waals surface area contributed by atoms with E-state index in [0.29, 0.717) is 6.04 Å². The van der Waals surface area contributed by atoms with E-state index < -0.39 is 0 Å². The molecule has 0 bridgehead atoms. The molecule has 0 saturated carbocycles. The zero-order valence-corrected chi connectivity index (χ0v) is 9.96. The Kier molecular flexibility index (Phi) is 3.79. The van der Waals surface area contributed by atoms with E-state index in [4.69, 9.17) is 0 Å². The third kappa shape index (κ3) is 2.63. The van der Waals surface area contributed by atoms with Gasteiger partial charge in [0, 0.05) is 18.0 Å². The van der Waals surface area contributed by atoms with Crippen molar-refractivity contribution < 1.29 is 0 Å². The van der Waals surface area contributed by atoms with Crippen molar-refractivity contribution in [2.24, 2.45) is 5.41 Å². The van der Waals surface area contributed by atoms with Crippen LogP contribution in [0.3, 0.4) is 0 Å². The third-order valence-corrected chi connectivity index (χ3v) is 2.79. The monoisotopic (exact) mass is 193 g/mol. The van der Waals surface area contributed by atoms with E-state index in [-0.39, 0.29) is 5.41 Å². The smallest absolute Gasteiger partial charge is 0.0468 e. The summed E-state index contributed by atoms with van der Waals surface area (Å²) in [4.78, 5) is 2.45. The van der Waals surface area contributed by atoms with E-state index in [0.717, 1.165) is 0 Å². The zero-order chi connectivity index (χ0) is 10.6. The van der Waals surface area contributed by atoms with E-state index >= 15 is 0 Å². The Morgan fingerprint density at radius 3 is 2.64 bits per heavy atom. The lowest BCUT2D eigenvalue weighted by Gasteiger charge is -2.17. The lowest BCUT2D eigenvalue weighted by molar-refractivity contribution is 0.402. The van der Waals surface area contributed by atoms with Crippen LogP contribution in [0.5, 0.6) is 0 Å². The molecule has 1 heteroatoms. The van der Waals surface area contributed by atoms with Crippen LogP contribution in [0.25, 0.3) is 0 Å². The molecule has 0 aliphatic carbocycles. The quantitative estimate of drug-likeness (QED) is 0.531. The van der Waals surface area contributed by atoms with Gasteiger partial charge in [-0.15, -0.1) is 0 Å². The summed E-state index contributed by atoms with van der Waals surface area (Å²) in [6.07, 6.45) is 12.0. The highest BCUT2D eigenvalue weighted by atomic mass is 15.2. The van der Waals surface area contributed by atoms with Gasteiger partial charge < -0.3 is 4.90 Å². The van der Waals surface area contributed by atoms with Crippen LogP contribution in [0, 0.1) is 5.41 Å². The standard InChI is InChI=1S/C11H17N.C2H6/c1-11(2)6-5-10-4-3-8-12(10)9-7-11;1-2/h5-7,9-10H,3-4,8H2,1-2H3;1-2H3. The number of allylic oxidation sites excluding steroid dienone is 2. The van der Waals surface area contributed by atoms with E-state index in [1.165, 1.54) is 19.4 Å². The van der Waals surface area contributed by atoms with Crippen LogP contribution >= 0.6 is 0 Å². The van der Waals surface area contributed by atoms with Crippen LogP contribution in [0.4, 0.5) is 0 Å². The molecule has 1 atom stereocenters. The Balaban J connectivity index is 0.000000461. The lowest BCUT2D eigenvalue weighted by Crippen LogP contribution is -2.20. The molecule has 2 rings (SSSR count). The molecule has 0 amide bonds. The summed E-state index contributed by atoms with van der Waals surface area (Å²) >= 11 is 0. The van der Waals surface area contributed by atoms with Crippen molar-refractivity contribution in [1.29, 1.82) is 0 Å². The van der Waals surface area contributed by atoms with Crippen LogP contribution < -0.4 is 0 Å². The molecule has 2 aliphatic rings. The van der Waals surface area contributed by atoms with Gasteiger partial charge in [-0.05, 0) is 19.0 Å². The van der Waals surface area contributed by atoms with Crippen LogP contribution in [0.1, 0.15) is 40.5 Å². The number of fused-ring (bicyclic) bond motifs is 1. The molecular weight excluding hydrogens is 170 g/mol. The van der Waals surface area contributed by atoms with Crippen LogP contribution in [-0.2, 0) is 0 Å². The molecule has 0 aromatic carbocycles. The van der Waals surface area contributed by atoms with Gasteiger partial charge in [0.2, 0.25) is 0 Å². The summed E-state index contributed by atoms with van der Waals surface area (Å²) in [5.74, 6) is 0. The Labute approximate surface area is 88.5 Å². The second-order valence-corrected chi connectivity index (χ2v) is 4.44. The minimum atomic E-state index is 0.254. The highest BCUT2D eigenvalue weighted by Gasteiger charge is 2.23. The zero-order valence-electron chi connectivity index (χ0n) is 9.96. The normalized spacial score (nSPS) is 27.7. The van der Waals surface area contributed by atoms with Crippen molar-refractivity contribution >= 4 is 0 Å². The number of hydrogen-bond donors (Lipinski definition) is 0. The lowest BCUT2D eigenvalue weighted by atomic mass is 9.93. The Morgan fingerprint density at radius 2 is 1.93 bits per heavy atom. The van der Waals surface area contributed by atoms with E-state index in [2.05, 4.69) is 43.2 Å². The van der Waals surface area contributed by atoms with Crippen LogP contribution in [-0.4, -0.2) is 17.5 Å². The van der Waals surface area contributed by atoms with Gasteiger partial charge in [-0.25, -0.2) is 0 Å². The average molecular weight is 193 g/mol. The Morgan fingerprint density at radius 1 is 1.21 bits per heavy atom. The highest BCUT2D eigenvalue weighted by molar-refractivity contribution is 5.15. The van der Waals surface area contributed by atoms with Gasteiger partial charge in [0.1, 0.15) is 0 Å². The van der Waals surface area contributed by atoms with E-state index in [1.54, 1.807) is 0 Å². The Bertz CT molecular complexity index is 203. The van der Waals surface area contributed by atoms with Crippen molar-refractivity contribution in [2.75, 3.05) is 6.54 Å². The number of hydrogen-bond acceptors (Lipinski definition) is 1. The number of rotatable bonds is 0. The molecule has 1 unspecified atom stereocenters. The van der Waals surface area contributed by atoms with Gasteiger partial charge in [-0.3, -0.25) is 0 Å². The molecule has 0 aromatic rings. The molecular formula is C13H23N. The van der Waals surface area contributed by atoms with E-state index in [1.807, 2.05) is 13.8 Å². The molecule has 0 N–H and O–H groups in total. The van der Waals surface area contributed by atoms with Crippen molar-refractivity contribution in [1.82, 2.24) is 4.90 Å². The van der Waals surface area contributed by atoms with Gasteiger partial charge in [-0.1, -0.05) is 45.9 Å². The third-order valence-electron chi connectivity index (χ3n) is 2.79. The topological polar surface area (TPSA) is 3.24 Å². The van der Waals surface area contributed by atoms with Crippen molar-refractivity contribution in [3.05, 3.63) is 24.4 Å². The predicted molar refractivity (Wildman–Crippen MR) is 63.1 cm³/mol. The molecule has 1 nitrogen and oxygen atoms in total. The maximum atomic E-state index is 2.45. The van der Waals surface area contributed by atoms with Crippen molar-refractivity contribution in [3.8, 4) is 0 Å². The minimum Gasteiger partial charge on any atom is -0.371 e.